The summed E-state index contributed by atoms with van der Waals surface area (Å²) in [4.78, 5) is 28.2. The maximum absolute atomic E-state index is 13.7. The van der Waals surface area contributed by atoms with Crippen molar-refractivity contribution in [1.29, 1.82) is 0 Å². The number of rotatable bonds is 5. The van der Waals surface area contributed by atoms with E-state index in [9.17, 15) is 27.9 Å². The van der Waals surface area contributed by atoms with Gasteiger partial charge in [0.1, 0.15) is 0 Å². The monoisotopic (exact) mass is 507 g/mol. The molecule has 6 nitrogen and oxygen atoms in total. The fraction of sp³-hybridized carbons (Fsp3) is 0.143. The highest BCUT2D eigenvalue weighted by Gasteiger charge is 2.46. The number of methoxy groups -OCH3 is 1. The first-order chi connectivity index (χ1) is 17.6. The maximum atomic E-state index is 13.7. The van der Waals surface area contributed by atoms with Crippen molar-refractivity contribution in [1.82, 2.24) is 0 Å². The number of furan rings is 1. The van der Waals surface area contributed by atoms with Crippen molar-refractivity contribution in [2.45, 2.75) is 19.1 Å². The number of anilines is 1. The van der Waals surface area contributed by atoms with E-state index in [1.54, 1.807) is 49.4 Å². The van der Waals surface area contributed by atoms with Gasteiger partial charge in [-0.05, 0) is 54.4 Å². The van der Waals surface area contributed by atoms with Crippen LogP contribution in [0.4, 0.5) is 18.9 Å². The Hall–Kier alpha value is -4.53. The highest BCUT2D eigenvalue weighted by atomic mass is 19.4. The lowest BCUT2D eigenvalue weighted by molar-refractivity contribution is -0.137. The molecule has 5 rings (SSSR count). The van der Waals surface area contributed by atoms with Crippen molar-refractivity contribution >= 4 is 28.3 Å². The van der Waals surface area contributed by atoms with Gasteiger partial charge >= 0.3 is 6.18 Å². The number of aliphatic hydroxyl groups excluding tert-OH is 1. The van der Waals surface area contributed by atoms with Gasteiger partial charge < -0.3 is 14.3 Å². The van der Waals surface area contributed by atoms with E-state index >= 15 is 0 Å². The number of hydrogen-bond donors (Lipinski definition) is 1. The molecule has 1 aliphatic heterocycles. The van der Waals surface area contributed by atoms with E-state index in [-0.39, 0.29) is 17.0 Å². The van der Waals surface area contributed by atoms with Crippen LogP contribution in [0.25, 0.3) is 11.0 Å². The topological polar surface area (TPSA) is 80.0 Å². The molecule has 0 spiro atoms. The van der Waals surface area contributed by atoms with Crippen LogP contribution >= 0.6 is 0 Å². The molecule has 0 radical (unpaired) electrons. The second kappa shape index (κ2) is 8.85. The molecule has 1 aromatic heterocycles. The molecule has 0 saturated carbocycles. The molecule has 1 amide bonds. The summed E-state index contributed by atoms with van der Waals surface area (Å²) in [5.74, 6) is -2.16. The van der Waals surface area contributed by atoms with E-state index in [0.29, 0.717) is 27.8 Å². The average molecular weight is 507 g/mol. The number of fused-ring (bicyclic) bond motifs is 1. The molecule has 1 atom stereocenters. The molecule has 0 aliphatic carbocycles. The number of halogens is 3. The molecule has 3 aromatic carbocycles. The molecule has 37 heavy (non-hydrogen) atoms. The van der Waals surface area contributed by atoms with Crippen LogP contribution in [-0.2, 0) is 11.0 Å². The molecule has 1 N–H and O–H groups in total. The molecule has 1 aliphatic rings. The number of para-hydroxylation sites is 1. The molecule has 0 fully saturated rings. The zero-order valence-corrected chi connectivity index (χ0v) is 19.7. The minimum Gasteiger partial charge on any atom is -0.503 e. The Morgan fingerprint density at radius 2 is 1.73 bits per heavy atom. The van der Waals surface area contributed by atoms with E-state index in [1.165, 1.54) is 13.2 Å². The van der Waals surface area contributed by atoms with Gasteiger partial charge in [0.25, 0.3) is 5.91 Å². The third-order valence-corrected chi connectivity index (χ3v) is 6.36. The predicted molar refractivity (Wildman–Crippen MR) is 130 cm³/mol. The SMILES string of the molecule is COc1cccc2cc(C(=O)C3=C(O)C(=O)N(c4ccc(C(F)(F)F)cc4)C3c3ccccc3C)oc12. The standard InChI is InChI=1S/C28H20F3NO5/c1-15-6-3-4-8-19(15)23-22(24(33)21-14-16-7-5-9-20(36-2)26(16)37-21)25(34)27(35)32(23)18-12-10-17(11-13-18)28(29,30)31/h3-14,23,34H,1-2H3. The summed E-state index contributed by atoms with van der Waals surface area (Å²) in [5.41, 5.74) is 0.522. The molecular weight excluding hydrogens is 487 g/mol. The number of carbonyl (C=O) groups is 2. The number of Topliss-reactive ketones (excluding diaryl/α,β-unsaturated/α-hetero) is 1. The first-order valence-electron chi connectivity index (χ1n) is 11.2. The summed E-state index contributed by atoms with van der Waals surface area (Å²) in [5, 5.41) is 11.5. The van der Waals surface area contributed by atoms with Gasteiger partial charge in [-0.1, -0.05) is 36.4 Å². The van der Waals surface area contributed by atoms with E-state index in [2.05, 4.69) is 0 Å². The third-order valence-electron chi connectivity index (χ3n) is 6.36. The Kier molecular flexibility index (Phi) is 5.78. The van der Waals surface area contributed by atoms with Crippen molar-refractivity contribution in [2.24, 2.45) is 0 Å². The van der Waals surface area contributed by atoms with E-state index in [1.807, 2.05) is 0 Å². The van der Waals surface area contributed by atoms with E-state index in [0.717, 1.165) is 29.2 Å². The predicted octanol–water partition coefficient (Wildman–Crippen LogP) is 6.55. The summed E-state index contributed by atoms with van der Waals surface area (Å²) in [7, 11) is 1.46. The van der Waals surface area contributed by atoms with Crippen LogP contribution < -0.4 is 9.64 Å². The number of amides is 1. The van der Waals surface area contributed by atoms with Gasteiger partial charge in [0.2, 0.25) is 5.78 Å². The van der Waals surface area contributed by atoms with Gasteiger partial charge in [-0.2, -0.15) is 13.2 Å². The molecule has 188 valence electrons. The summed E-state index contributed by atoms with van der Waals surface area (Å²) in [6.45, 7) is 1.77. The molecule has 2 heterocycles. The smallest absolute Gasteiger partial charge is 0.416 e. The van der Waals surface area contributed by atoms with Crippen molar-refractivity contribution < 1.29 is 37.0 Å². The Bertz CT molecular complexity index is 1570. The number of ether oxygens (including phenoxy) is 1. The van der Waals surface area contributed by atoms with Gasteiger partial charge in [-0.3, -0.25) is 14.5 Å². The van der Waals surface area contributed by atoms with Crippen LogP contribution in [0, 0.1) is 6.92 Å². The first kappa shape index (κ1) is 24.2. The van der Waals surface area contributed by atoms with Gasteiger partial charge in [0.05, 0.1) is 24.3 Å². The van der Waals surface area contributed by atoms with Crippen LogP contribution in [0.1, 0.15) is 33.3 Å². The van der Waals surface area contributed by atoms with Crippen LogP contribution in [0.5, 0.6) is 5.75 Å². The second-order valence-corrected chi connectivity index (χ2v) is 8.56. The molecular formula is C28H20F3NO5. The van der Waals surface area contributed by atoms with Gasteiger partial charge in [-0.15, -0.1) is 0 Å². The largest absolute Gasteiger partial charge is 0.503 e. The normalized spacial score (nSPS) is 16.1. The molecule has 4 aromatic rings. The van der Waals surface area contributed by atoms with Crippen LogP contribution in [0.2, 0.25) is 0 Å². The van der Waals surface area contributed by atoms with Crippen molar-refractivity contribution in [3.05, 3.63) is 107 Å². The first-order valence-corrected chi connectivity index (χ1v) is 11.2. The number of carbonyl (C=O) groups excluding carboxylic acids is 2. The highest BCUT2D eigenvalue weighted by Crippen LogP contribution is 2.44. The molecule has 1 unspecified atom stereocenters. The average Bonchev–Trinajstić information content (AvgIpc) is 3.43. The van der Waals surface area contributed by atoms with E-state index < -0.39 is 35.2 Å². The third kappa shape index (κ3) is 4.02. The number of aliphatic hydroxyl groups is 1. The van der Waals surface area contributed by atoms with Crippen molar-refractivity contribution in [2.75, 3.05) is 12.0 Å². The number of aryl methyl sites for hydroxylation is 1. The lowest BCUT2D eigenvalue weighted by Crippen LogP contribution is -2.31. The minimum absolute atomic E-state index is 0.0897. The minimum atomic E-state index is -4.56. The zero-order valence-electron chi connectivity index (χ0n) is 19.7. The Balaban J connectivity index is 1.65. The number of alkyl halides is 3. The lowest BCUT2D eigenvalue weighted by atomic mass is 9.92. The number of benzene rings is 3. The summed E-state index contributed by atoms with van der Waals surface area (Å²) in [6.07, 6.45) is -4.56. The zero-order chi connectivity index (χ0) is 26.5. The second-order valence-electron chi connectivity index (χ2n) is 8.56. The maximum Gasteiger partial charge on any atom is 0.416 e. The number of hydrogen-bond acceptors (Lipinski definition) is 5. The summed E-state index contributed by atoms with van der Waals surface area (Å²) in [6, 6.07) is 16.4. The number of nitrogens with zero attached hydrogens (tertiary/aromatic N) is 1. The fourth-order valence-electron chi connectivity index (χ4n) is 4.54. The molecule has 9 heteroatoms. The summed E-state index contributed by atoms with van der Waals surface area (Å²) < 4.78 is 50.5. The quantitative estimate of drug-likeness (QED) is 0.310. The fourth-order valence-corrected chi connectivity index (χ4v) is 4.54. The van der Waals surface area contributed by atoms with Crippen molar-refractivity contribution in [3.8, 4) is 5.75 Å². The molecule has 0 saturated heterocycles. The Morgan fingerprint density at radius 1 is 1.03 bits per heavy atom. The highest BCUT2D eigenvalue weighted by molar-refractivity contribution is 6.20. The van der Waals surface area contributed by atoms with Crippen LogP contribution in [0.15, 0.2) is 88.5 Å². The van der Waals surface area contributed by atoms with Crippen LogP contribution in [-0.4, -0.2) is 23.9 Å². The Morgan fingerprint density at radius 3 is 2.38 bits per heavy atom. The van der Waals surface area contributed by atoms with Gasteiger partial charge in [0.15, 0.2) is 22.9 Å². The summed E-state index contributed by atoms with van der Waals surface area (Å²) >= 11 is 0. The van der Waals surface area contributed by atoms with Gasteiger partial charge in [0, 0.05) is 11.1 Å². The van der Waals surface area contributed by atoms with E-state index in [4.69, 9.17) is 9.15 Å². The Labute approximate surface area is 209 Å². The van der Waals surface area contributed by atoms with Gasteiger partial charge in [-0.25, -0.2) is 0 Å². The number of ketones is 1. The van der Waals surface area contributed by atoms with Crippen LogP contribution in [0.3, 0.4) is 0 Å². The lowest BCUT2D eigenvalue weighted by Gasteiger charge is -2.28. The molecule has 0 bridgehead atoms. The van der Waals surface area contributed by atoms with Crippen molar-refractivity contribution in [3.63, 3.8) is 0 Å².